The first-order valence-corrected chi connectivity index (χ1v) is 13.9. The molecule has 0 bridgehead atoms. The molecule has 11 heteroatoms. The van der Waals surface area contributed by atoms with Crippen LogP contribution in [0.25, 0.3) is 12.2 Å². The van der Waals surface area contributed by atoms with Gasteiger partial charge in [0, 0.05) is 64.5 Å². The average molecular weight is 621 g/mol. The molecule has 0 aromatic carbocycles. The third kappa shape index (κ3) is 6.70. The molecule has 6 N–H and O–H groups in total. The van der Waals surface area contributed by atoms with Gasteiger partial charge in [0.2, 0.25) is 0 Å². The number of aromatic nitrogens is 2. The molecule has 0 radical (unpaired) electrons. The van der Waals surface area contributed by atoms with Gasteiger partial charge in [-0.1, -0.05) is 25.3 Å². The molecule has 0 saturated carbocycles. The lowest BCUT2D eigenvalue weighted by Crippen LogP contribution is -2.15. The topological polar surface area (TPSA) is 164 Å². The van der Waals surface area contributed by atoms with Crippen molar-refractivity contribution in [2.45, 2.75) is 59.8 Å². The van der Waals surface area contributed by atoms with Crippen molar-refractivity contribution in [1.82, 2.24) is 20.6 Å². The number of carboxylic acid groups (broad SMARTS) is 2. The Morgan fingerprint density at radius 1 is 0.705 bits per heavy atom. The highest BCUT2D eigenvalue weighted by Crippen LogP contribution is 2.31. The van der Waals surface area contributed by atoms with E-state index in [1.165, 1.54) is 6.08 Å². The van der Waals surface area contributed by atoms with Crippen molar-refractivity contribution in [2.75, 3.05) is 0 Å². The molecule has 2 aromatic heterocycles. The van der Waals surface area contributed by atoms with Crippen molar-refractivity contribution in [3.05, 3.63) is 104 Å². The van der Waals surface area contributed by atoms with Gasteiger partial charge in [-0.05, 0) is 80.5 Å². The molecular weight excluding hydrogens is 584 g/mol. The summed E-state index contributed by atoms with van der Waals surface area (Å²) in [6.07, 6.45) is 7.58. The van der Waals surface area contributed by atoms with Crippen LogP contribution >= 0.6 is 12.4 Å². The number of rotatable bonds is 12. The predicted molar refractivity (Wildman–Crippen MR) is 171 cm³/mol. The molecule has 0 saturated heterocycles. The Labute approximate surface area is 261 Å². The number of allylic oxidation sites excluding steroid dienone is 2. The van der Waals surface area contributed by atoms with Crippen LogP contribution in [0.2, 0.25) is 0 Å². The summed E-state index contributed by atoms with van der Waals surface area (Å²) in [6, 6.07) is 0. The average Bonchev–Trinajstić information content (AvgIpc) is 3.59. The minimum Gasteiger partial charge on any atom is -0.481 e. The molecule has 0 unspecified atom stereocenters. The number of halogens is 1. The van der Waals surface area contributed by atoms with E-state index in [1.54, 1.807) is 13.0 Å². The molecule has 44 heavy (non-hydrogen) atoms. The van der Waals surface area contributed by atoms with Gasteiger partial charge in [0.25, 0.3) is 11.8 Å². The van der Waals surface area contributed by atoms with Crippen LogP contribution in [0.4, 0.5) is 0 Å². The van der Waals surface area contributed by atoms with Gasteiger partial charge < -0.3 is 30.8 Å². The molecule has 0 fully saturated rings. The van der Waals surface area contributed by atoms with Crippen LogP contribution in [-0.2, 0) is 38.4 Å². The molecule has 232 valence electrons. The zero-order valence-electron chi connectivity index (χ0n) is 25.2. The van der Waals surface area contributed by atoms with Gasteiger partial charge >= 0.3 is 11.9 Å². The highest BCUT2D eigenvalue weighted by atomic mass is 35.5. The fourth-order valence-electron chi connectivity index (χ4n) is 5.61. The number of H-pyrrole nitrogens is 2. The van der Waals surface area contributed by atoms with Gasteiger partial charge in [-0.3, -0.25) is 19.2 Å². The maximum atomic E-state index is 12.3. The van der Waals surface area contributed by atoms with Crippen LogP contribution in [-0.4, -0.2) is 43.9 Å². The molecule has 4 heterocycles. The number of nitrogens with one attached hydrogen (secondary N) is 4. The zero-order valence-corrected chi connectivity index (χ0v) is 26.0. The Hall–Kier alpha value is -4.83. The van der Waals surface area contributed by atoms with Gasteiger partial charge in [-0.2, -0.15) is 0 Å². The molecule has 0 aliphatic carbocycles. The number of hydrogen-bond acceptors (Lipinski definition) is 4. The van der Waals surface area contributed by atoms with E-state index >= 15 is 0 Å². The Kier molecular flexibility index (Phi) is 10.4. The first-order chi connectivity index (χ1) is 20.4. The smallest absolute Gasteiger partial charge is 0.303 e. The molecule has 0 spiro atoms. The van der Waals surface area contributed by atoms with Crippen LogP contribution in [0.5, 0.6) is 0 Å². The number of amides is 2. The molecular formula is C33H37ClN4O6. The summed E-state index contributed by atoms with van der Waals surface area (Å²) < 4.78 is 0. The highest BCUT2D eigenvalue weighted by Gasteiger charge is 2.25. The minimum atomic E-state index is -0.922. The van der Waals surface area contributed by atoms with Crippen LogP contribution < -0.4 is 10.6 Å². The van der Waals surface area contributed by atoms with Crippen molar-refractivity contribution in [2.24, 2.45) is 0 Å². The molecule has 0 atom stereocenters. The summed E-state index contributed by atoms with van der Waals surface area (Å²) in [6.45, 7) is 14.9. The quantitative estimate of drug-likeness (QED) is 0.196. The van der Waals surface area contributed by atoms with Crippen molar-refractivity contribution in [3.63, 3.8) is 0 Å². The maximum absolute atomic E-state index is 12.3. The van der Waals surface area contributed by atoms with Gasteiger partial charge in [0.1, 0.15) is 0 Å². The van der Waals surface area contributed by atoms with E-state index in [2.05, 4.69) is 33.8 Å². The number of aromatic amines is 2. The van der Waals surface area contributed by atoms with Crippen LogP contribution in [0, 0.1) is 13.8 Å². The lowest BCUT2D eigenvalue weighted by atomic mass is 9.98. The molecule has 2 aliphatic rings. The Morgan fingerprint density at radius 2 is 1.16 bits per heavy atom. The standard InChI is InChI=1S/C33H36N4O6.ClH/c1-7-20-19(6)32(42)37-27(20)14-25-18(5)23(10-12-31(40)41)29(35-25)15-28-22(9-11-30(38)39)17(4)24(34-28)13-26-16(3)21(8-2)33(43)36-26;/h7-8,13-14,34-35H,1-2,9-12,15H2,3-6H3,(H,36,43)(H,37,42)(H,38,39)(H,40,41);1H/b26-13-,27-14-;. The summed E-state index contributed by atoms with van der Waals surface area (Å²) in [5.41, 5.74) is 10.2. The number of carbonyl (C=O) groups excluding carboxylic acids is 2. The fourth-order valence-corrected chi connectivity index (χ4v) is 5.61. The van der Waals surface area contributed by atoms with Gasteiger partial charge in [-0.25, -0.2) is 0 Å². The normalized spacial score (nSPS) is 16.5. The van der Waals surface area contributed by atoms with E-state index < -0.39 is 11.9 Å². The second kappa shape index (κ2) is 13.6. The Morgan fingerprint density at radius 3 is 1.59 bits per heavy atom. The van der Waals surface area contributed by atoms with Gasteiger partial charge in [0.05, 0.1) is 5.70 Å². The summed E-state index contributed by atoms with van der Waals surface area (Å²) >= 11 is 0. The lowest BCUT2D eigenvalue weighted by Gasteiger charge is -2.07. The highest BCUT2D eigenvalue weighted by molar-refractivity contribution is 6.03. The van der Waals surface area contributed by atoms with E-state index in [9.17, 15) is 29.4 Å². The van der Waals surface area contributed by atoms with Crippen molar-refractivity contribution in [3.8, 4) is 0 Å². The molecule has 4 rings (SSSR count). The summed E-state index contributed by atoms with van der Waals surface area (Å²) in [4.78, 5) is 54.5. The van der Waals surface area contributed by atoms with Crippen LogP contribution in [0.15, 0.2) is 59.0 Å². The number of carbonyl (C=O) groups is 4. The number of carboxylic acids is 2. The lowest BCUT2D eigenvalue weighted by molar-refractivity contribution is -0.138. The second-order valence-electron chi connectivity index (χ2n) is 10.7. The predicted octanol–water partition coefficient (Wildman–Crippen LogP) is 4.95. The second-order valence-corrected chi connectivity index (χ2v) is 10.7. The van der Waals surface area contributed by atoms with Crippen LogP contribution in [0.1, 0.15) is 71.7 Å². The van der Waals surface area contributed by atoms with E-state index in [4.69, 9.17) is 0 Å². The zero-order chi connectivity index (χ0) is 31.6. The fraction of sp³-hybridized carbons (Fsp3) is 0.273. The van der Waals surface area contributed by atoms with E-state index in [0.717, 1.165) is 50.6 Å². The number of hydrogen-bond donors (Lipinski definition) is 6. The minimum absolute atomic E-state index is 0. The van der Waals surface area contributed by atoms with E-state index in [1.807, 2.05) is 32.9 Å². The summed E-state index contributed by atoms with van der Waals surface area (Å²) in [5.74, 6) is -2.28. The monoisotopic (exact) mass is 620 g/mol. The molecule has 10 nitrogen and oxygen atoms in total. The van der Waals surface area contributed by atoms with E-state index in [0.29, 0.717) is 34.5 Å². The first kappa shape index (κ1) is 33.7. The SMILES string of the molecule is C=CC1=C(C)/C(=C/c2[nH]c(Cc3[nH]c(/C=C4\NC(=O)C(C)=C4C=C)c(C)c3CCC(=O)O)c(CCC(=O)O)c2C)NC1=O.Cl. The number of aliphatic carboxylic acids is 2. The van der Waals surface area contributed by atoms with Crippen molar-refractivity contribution >= 4 is 48.3 Å². The third-order valence-corrected chi connectivity index (χ3v) is 8.11. The molecule has 2 aromatic rings. The molecule has 2 aliphatic heterocycles. The maximum Gasteiger partial charge on any atom is 0.303 e. The van der Waals surface area contributed by atoms with Crippen molar-refractivity contribution < 1.29 is 29.4 Å². The van der Waals surface area contributed by atoms with Gasteiger partial charge in [-0.15, -0.1) is 12.4 Å². The summed E-state index contributed by atoms with van der Waals surface area (Å²) in [5, 5.41) is 24.6. The largest absolute Gasteiger partial charge is 0.481 e. The van der Waals surface area contributed by atoms with Crippen LogP contribution in [0.3, 0.4) is 0 Å². The molecule has 2 amide bonds. The van der Waals surface area contributed by atoms with E-state index in [-0.39, 0.29) is 49.9 Å². The Balaban J connectivity index is 0.00000529. The van der Waals surface area contributed by atoms with Gasteiger partial charge in [0.15, 0.2) is 0 Å². The van der Waals surface area contributed by atoms with Crippen molar-refractivity contribution in [1.29, 1.82) is 0 Å². The third-order valence-electron chi connectivity index (χ3n) is 8.11. The first-order valence-electron chi connectivity index (χ1n) is 13.9. The summed E-state index contributed by atoms with van der Waals surface area (Å²) in [7, 11) is 0. The Bertz CT molecular complexity index is 1710.